The average molecular weight is 332 g/mol. The van der Waals surface area contributed by atoms with E-state index < -0.39 is 24.7 Å². The lowest BCUT2D eigenvalue weighted by Gasteiger charge is -2.10. The Morgan fingerprint density at radius 1 is 1.25 bits per heavy atom. The predicted molar refractivity (Wildman–Crippen MR) is 79.9 cm³/mol. The third-order valence-corrected chi connectivity index (χ3v) is 2.98. The summed E-state index contributed by atoms with van der Waals surface area (Å²) >= 11 is 0. The van der Waals surface area contributed by atoms with Crippen LogP contribution in [0.2, 0.25) is 0 Å². The van der Waals surface area contributed by atoms with Crippen LogP contribution in [0, 0.1) is 25.2 Å². The highest BCUT2D eigenvalue weighted by Crippen LogP contribution is 2.19. The fraction of sp³-hybridized carbons (Fsp3) is 0.312. The summed E-state index contributed by atoms with van der Waals surface area (Å²) in [5.74, 6) is -1.88. The van der Waals surface area contributed by atoms with Gasteiger partial charge in [-0.1, -0.05) is 6.07 Å². The molecule has 0 fully saturated rings. The van der Waals surface area contributed by atoms with Crippen molar-refractivity contribution >= 4 is 5.78 Å². The fourth-order valence-electron chi connectivity index (χ4n) is 2.04. The van der Waals surface area contributed by atoms with Crippen LogP contribution in [0.1, 0.15) is 33.6 Å². The maximum Gasteiger partial charge on any atom is 0.272 e. The minimum atomic E-state index is -2.65. The Morgan fingerprint density at radius 3 is 2.50 bits per heavy atom. The number of hydrogen-bond acceptors (Lipinski definition) is 6. The molecule has 2 heterocycles. The highest BCUT2D eigenvalue weighted by molar-refractivity contribution is 6.00. The summed E-state index contributed by atoms with van der Waals surface area (Å²) in [4.78, 5) is 24.6. The van der Waals surface area contributed by atoms with E-state index in [0.717, 1.165) is 0 Å². The van der Waals surface area contributed by atoms with Gasteiger partial charge in [0.1, 0.15) is 5.69 Å². The molecule has 0 amide bonds. The number of hydrogen-bond donors (Lipinski definition) is 0. The second-order valence-electron chi connectivity index (χ2n) is 5.00. The first-order chi connectivity index (χ1) is 11.4. The van der Waals surface area contributed by atoms with Crippen molar-refractivity contribution in [3.63, 3.8) is 0 Å². The number of Topliss-reactive ketones (excluding diaryl/α,β-unsaturated/α-hetero) is 1. The van der Waals surface area contributed by atoms with Gasteiger partial charge >= 0.3 is 0 Å². The number of ketones is 1. The molecule has 2 aromatic rings. The molecule has 124 valence electrons. The standard InChI is InChI=1S/C16H14F2N4O2/c1-9-6-10(2)21-16(20-9)11(7-19)15(23)12-4-3-5-14(22-12)24-8-13(17)18/h3-6,11,13H,8H2,1-2H3. The molecule has 0 aromatic carbocycles. The van der Waals surface area contributed by atoms with Gasteiger partial charge in [0.2, 0.25) is 11.7 Å². The summed E-state index contributed by atoms with van der Waals surface area (Å²) in [7, 11) is 0. The van der Waals surface area contributed by atoms with Gasteiger partial charge in [-0.05, 0) is 26.0 Å². The predicted octanol–water partition coefficient (Wildman–Crippen LogP) is 2.62. The fourth-order valence-corrected chi connectivity index (χ4v) is 2.04. The number of carbonyl (C=O) groups is 1. The summed E-state index contributed by atoms with van der Waals surface area (Å²) < 4.78 is 29.1. The zero-order valence-corrected chi connectivity index (χ0v) is 13.0. The SMILES string of the molecule is Cc1cc(C)nc(C(C#N)C(=O)c2cccc(OCC(F)F)n2)n1. The molecule has 8 heteroatoms. The van der Waals surface area contributed by atoms with Crippen LogP contribution >= 0.6 is 0 Å². The van der Waals surface area contributed by atoms with Gasteiger partial charge in [-0.15, -0.1) is 0 Å². The molecular formula is C16H14F2N4O2. The van der Waals surface area contributed by atoms with Crippen molar-refractivity contribution in [2.24, 2.45) is 0 Å². The van der Waals surface area contributed by atoms with Crippen molar-refractivity contribution in [3.05, 3.63) is 47.2 Å². The van der Waals surface area contributed by atoms with Gasteiger partial charge in [0.15, 0.2) is 18.3 Å². The monoisotopic (exact) mass is 332 g/mol. The van der Waals surface area contributed by atoms with E-state index in [2.05, 4.69) is 15.0 Å². The van der Waals surface area contributed by atoms with E-state index in [-0.39, 0.29) is 17.4 Å². The van der Waals surface area contributed by atoms with E-state index in [0.29, 0.717) is 11.4 Å². The van der Waals surface area contributed by atoms with Gasteiger partial charge in [0.25, 0.3) is 6.43 Å². The number of aryl methyl sites for hydroxylation is 2. The molecule has 6 nitrogen and oxygen atoms in total. The molecule has 2 aromatic heterocycles. The molecule has 0 saturated carbocycles. The molecular weight excluding hydrogens is 318 g/mol. The number of nitriles is 1. The zero-order chi connectivity index (χ0) is 17.7. The molecule has 0 aliphatic carbocycles. The second-order valence-corrected chi connectivity index (χ2v) is 5.00. The summed E-state index contributed by atoms with van der Waals surface area (Å²) in [6, 6.07) is 7.76. The second kappa shape index (κ2) is 7.55. The number of carbonyl (C=O) groups excluding carboxylic acids is 1. The molecule has 24 heavy (non-hydrogen) atoms. The van der Waals surface area contributed by atoms with Crippen LogP contribution in [-0.4, -0.2) is 33.8 Å². The summed E-state index contributed by atoms with van der Waals surface area (Å²) in [6.07, 6.45) is -2.65. The van der Waals surface area contributed by atoms with E-state index in [9.17, 15) is 18.8 Å². The van der Waals surface area contributed by atoms with Gasteiger partial charge in [-0.2, -0.15) is 5.26 Å². The van der Waals surface area contributed by atoms with Gasteiger partial charge < -0.3 is 4.74 Å². The number of nitrogens with zero attached hydrogens (tertiary/aromatic N) is 4. The molecule has 0 saturated heterocycles. The molecule has 1 unspecified atom stereocenters. The first-order valence-electron chi connectivity index (χ1n) is 7.04. The molecule has 0 aliphatic heterocycles. The molecule has 0 N–H and O–H groups in total. The molecule has 0 spiro atoms. The highest BCUT2D eigenvalue weighted by Gasteiger charge is 2.26. The van der Waals surface area contributed by atoms with Crippen molar-refractivity contribution < 1.29 is 18.3 Å². The number of aromatic nitrogens is 3. The molecule has 0 aliphatic rings. The van der Waals surface area contributed by atoms with Gasteiger partial charge in [-0.25, -0.2) is 23.7 Å². The minimum Gasteiger partial charge on any atom is -0.472 e. The van der Waals surface area contributed by atoms with Crippen molar-refractivity contribution in [2.75, 3.05) is 6.61 Å². The van der Waals surface area contributed by atoms with Crippen LogP contribution in [0.15, 0.2) is 24.3 Å². The van der Waals surface area contributed by atoms with Crippen LogP contribution < -0.4 is 4.74 Å². The van der Waals surface area contributed by atoms with Crippen LogP contribution in [0.4, 0.5) is 8.78 Å². The lowest BCUT2D eigenvalue weighted by atomic mass is 10.0. The van der Waals surface area contributed by atoms with Crippen molar-refractivity contribution in [3.8, 4) is 11.9 Å². The molecule has 0 bridgehead atoms. The quantitative estimate of drug-likeness (QED) is 0.756. The van der Waals surface area contributed by atoms with Crippen LogP contribution in [-0.2, 0) is 0 Å². The Morgan fingerprint density at radius 2 is 1.92 bits per heavy atom. The van der Waals surface area contributed by atoms with Crippen LogP contribution in [0.25, 0.3) is 0 Å². The smallest absolute Gasteiger partial charge is 0.272 e. The largest absolute Gasteiger partial charge is 0.472 e. The Hall–Kier alpha value is -2.95. The average Bonchev–Trinajstić information content (AvgIpc) is 2.53. The van der Waals surface area contributed by atoms with Crippen molar-refractivity contribution in [2.45, 2.75) is 26.2 Å². The number of rotatable bonds is 6. The van der Waals surface area contributed by atoms with Crippen LogP contribution in [0.5, 0.6) is 5.88 Å². The lowest BCUT2D eigenvalue weighted by molar-refractivity contribution is 0.0793. The van der Waals surface area contributed by atoms with Crippen LogP contribution in [0.3, 0.4) is 0 Å². The Kier molecular flexibility index (Phi) is 5.47. The minimum absolute atomic E-state index is 0.0731. The van der Waals surface area contributed by atoms with Gasteiger partial charge in [0, 0.05) is 17.5 Å². The topological polar surface area (TPSA) is 88.8 Å². The van der Waals surface area contributed by atoms with Crippen molar-refractivity contribution in [1.82, 2.24) is 15.0 Å². The maximum atomic E-state index is 12.5. The third kappa shape index (κ3) is 4.29. The Balaban J connectivity index is 2.28. The normalized spacial score (nSPS) is 11.8. The van der Waals surface area contributed by atoms with E-state index in [4.69, 9.17) is 4.74 Å². The highest BCUT2D eigenvalue weighted by atomic mass is 19.3. The lowest BCUT2D eigenvalue weighted by Crippen LogP contribution is -2.17. The number of ether oxygens (including phenoxy) is 1. The first-order valence-corrected chi connectivity index (χ1v) is 7.04. The summed E-state index contributed by atoms with van der Waals surface area (Å²) in [5.41, 5.74) is 1.19. The van der Waals surface area contributed by atoms with Gasteiger partial charge in [0.05, 0.1) is 6.07 Å². The summed E-state index contributed by atoms with van der Waals surface area (Å²) in [5, 5.41) is 9.33. The van der Waals surface area contributed by atoms with E-state index in [1.807, 2.05) is 6.07 Å². The first kappa shape index (κ1) is 17.4. The van der Waals surface area contributed by atoms with Crippen molar-refractivity contribution in [1.29, 1.82) is 5.26 Å². The summed E-state index contributed by atoms with van der Waals surface area (Å²) in [6.45, 7) is 2.63. The zero-order valence-electron chi connectivity index (χ0n) is 13.0. The number of pyridine rings is 1. The molecule has 1 atom stereocenters. The molecule has 2 rings (SSSR count). The Bertz CT molecular complexity index is 770. The maximum absolute atomic E-state index is 12.5. The van der Waals surface area contributed by atoms with E-state index in [1.165, 1.54) is 18.2 Å². The third-order valence-electron chi connectivity index (χ3n) is 2.98. The molecule has 0 radical (unpaired) electrons. The Labute approximate surface area is 137 Å². The number of alkyl halides is 2. The van der Waals surface area contributed by atoms with E-state index in [1.54, 1.807) is 19.9 Å². The number of halogens is 2. The van der Waals surface area contributed by atoms with E-state index >= 15 is 0 Å². The van der Waals surface area contributed by atoms with Gasteiger partial charge in [-0.3, -0.25) is 4.79 Å².